The number of halogens is 4. The lowest BCUT2D eigenvalue weighted by Crippen LogP contribution is -2.49. The van der Waals surface area contributed by atoms with Crippen LogP contribution in [0.15, 0.2) is 48.7 Å². The summed E-state index contributed by atoms with van der Waals surface area (Å²) < 4.78 is 62.5. The van der Waals surface area contributed by atoms with Gasteiger partial charge in [-0.1, -0.05) is 68.2 Å². The SMILES string of the molecule is CCC[C@H](NC(=O)C(F)(F)c1cc(F)cc(F)c1)C(=O)Nc1ncc(-c2ccccc2COC2CCCCC2)s1. The van der Waals surface area contributed by atoms with Gasteiger partial charge in [0.15, 0.2) is 5.13 Å². The number of aromatic nitrogens is 1. The zero-order chi connectivity index (χ0) is 28.7. The van der Waals surface area contributed by atoms with Crippen molar-refractivity contribution >= 4 is 28.3 Å². The first kappa shape index (κ1) is 29.7. The quantitative estimate of drug-likeness (QED) is 0.242. The van der Waals surface area contributed by atoms with Gasteiger partial charge in [0.05, 0.1) is 17.6 Å². The second-order valence-electron chi connectivity index (χ2n) is 9.79. The number of carbonyl (C=O) groups excluding carboxylic acids is 2. The molecule has 0 aliphatic heterocycles. The van der Waals surface area contributed by atoms with Crippen molar-refractivity contribution in [2.24, 2.45) is 0 Å². The van der Waals surface area contributed by atoms with Gasteiger partial charge in [-0.05, 0) is 42.5 Å². The highest BCUT2D eigenvalue weighted by Crippen LogP contribution is 2.33. The Morgan fingerprint density at radius 3 is 2.50 bits per heavy atom. The number of benzene rings is 2. The van der Waals surface area contributed by atoms with Gasteiger partial charge in [-0.15, -0.1) is 0 Å². The Morgan fingerprint density at radius 1 is 1.10 bits per heavy atom. The van der Waals surface area contributed by atoms with Crippen molar-refractivity contribution in [3.05, 3.63) is 71.4 Å². The summed E-state index contributed by atoms with van der Waals surface area (Å²) in [6, 6.07) is 7.62. The molecule has 0 radical (unpaired) electrons. The molecule has 40 heavy (non-hydrogen) atoms. The number of alkyl halides is 2. The third kappa shape index (κ3) is 7.45. The van der Waals surface area contributed by atoms with Gasteiger partial charge in [-0.25, -0.2) is 13.8 Å². The van der Waals surface area contributed by atoms with Gasteiger partial charge >= 0.3 is 5.92 Å². The number of hydrogen-bond acceptors (Lipinski definition) is 5. The lowest BCUT2D eigenvalue weighted by molar-refractivity contribution is -0.149. The molecule has 1 fully saturated rings. The Hall–Kier alpha value is -3.31. The molecule has 11 heteroatoms. The molecule has 1 aliphatic rings. The monoisotopic (exact) mass is 577 g/mol. The molecule has 3 aromatic rings. The van der Waals surface area contributed by atoms with Gasteiger partial charge in [-0.3, -0.25) is 9.59 Å². The van der Waals surface area contributed by atoms with Gasteiger partial charge in [0.1, 0.15) is 17.7 Å². The molecule has 1 heterocycles. The number of thiazole rings is 1. The zero-order valence-corrected chi connectivity index (χ0v) is 22.8. The average Bonchev–Trinajstić information content (AvgIpc) is 3.40. The summed E-state index contributed by atoms with van der Waals surface area (Å²) in [5.74, 6) is -9.31. The fraction of sp³-hybridized carbons (Fsp3) is 0.414. The number of amides is 2. The van der Waals surface area contributed by atoms with Crippen molar-refractivity contribution in [3.8, 4) is 10.4 Å². The molecule has 2 aromatic carbocycles. The smallest absolute Gasteiger partial charge is 0.349 e. The van der Waals surface area contributed by atoms with Gasteiger partial charge in [0.2, 0.25) is 5.91 Å². The van der Waals surface area contributed by atoms with Gasteiger partial charge in [0.25, 0.3) is 5.91 Å². The molecule has 1 aromatic heterocycles. The van der Waals surface area contributed by atoms with Crippen LogP contribution in [0, 0.1) is 11.6 Å². The van der Waals surface area contributed by atoms with E-state index < -0.39 is 41.0 Å². The first-order valence-corrected chi connectivity index (χ1v) is 14.1. The minimum atomic E-state index is -4.26. The van der Waals surface area contributed by atoms with E-state index in [0.717, 1.165) is 28.8 Å². The van der Waals surface area contributed by atoms with E-state index in [1.807, 2.05) is 29.6 Å². The van der Waals surface area contributed by atoms with Crippen LogP contribution in [-0.4, -0.2) is 28.9 Å². The summed E-state index contributed by atoms with van der Waals surface area (Å²) in [6.07, 6.45) is 8.01. The molecule has 0 saturated heterocycles. The largest absolute Gasteiger partial charge is 0.374 e. The fourth-order valence-corrected chi connectivity index (χ4v) is 5.53. The maximum atomic E-state index is 14.7. The van der Waals surface area contributed by atoms with Crippen molar-refractivity contribution in [2.45, 2.75) is 76.5 Å². The summed E-state index contributed by atoms with van der Waals surface area (Å²) in [5.41, 5.74) is 0.757. The number of nitrogens with one attached hydrogen (secondary N) is 2. The summed E-state index contributed by atoms with van der Waals surface area (Å²) in [6.45, 7) is 2.18. The topological polar surface area (TPSA) is 80.3 Å². The Labute approximate surface area is 234 Å². The number of ether oxygens (including phenoxy) is 1. The number of rotatable bonds is 11. The highest BCUT2D eigenvalue weighted by molar-refractivity contribution is 7.19. The third-order valence-corrected chi connectivity index (χ3v) is 7.70. The number of hydrogen-bond donors (Lipinski definition) is 2. The summed E-state index contributed by atoms with van der Waals surface area (Å²) in [4.78, 5) is 30.4. The molecule has 1 saturated carbocycles. The number of nitrogens with zero attached hydrogens (tertiary/aromatic N) is 1. The molecule has 0 bridgehead atoms. The Kier molecular flexibility index (Phi) is 9.91. The molecule has 0 unspecified atom stereocenters. The molecular formula is C29H31F4N3O3S. The van der Waals surface area contributed by atoms with Crippen molar-refractivity contribution in [2.75, 3.05) is 5.32 Å². The molecule has 1 aliphatic carbocycles. The van der Waals surface area contributed by atoms with Crippen LogP contribution in [-0.2, 0) is 26.9 Å². The van der Waals surface area contributed by atoms with Crippen molar-refractivity contribution in [1.29, 1.82) is 0 Å². The molecule has 214 valence electrons. The average molecular weight is 578 g/mol. The van der Waals surface area contributed by atoms with Crippen LogP contribution in [0.1, 0.15) is 63.0 Å². The van der Waals surface area contributed by atoms with Crippen LogP contribution < -0.4 is 10.6 Å². The maximum absolute atomic E-state index is 14.7. The van der Waals surface area contributed by atoms with Crippen molar-refractivity contribution < 1.29 is 31.9 Å². The molecule has 0 spiro atoms. The van der Waals surface area contributed by atoms with Crippen molar-refractivity contribution in [3.63, 3.8) is 0 Å². The van der Waals surface area contributed by atoms with Gasteiger partial charge in [0, 0.05) is 17.8 Å². The standard InChI is InChI=1S/C29H31F4N3O3S/c1-2-8-24(35-27(38)29(32,33)19-13-20(30)15-21(31)14-19)26(37)36-28-34-16-25(40-28)23-12-7-6-9-18(23)17-39-22-10-4-3-5-11-22/h6-7,9,12-16,22,24H,2-5,8,10-11,17H2,1H3,(H,35,38)(H,34,36,37)/t24-/m0/s1. The fourth-order valence-electron chi connectivity index (χ4n) is 4.65. The van der Waals surface area contributed by atoms with Gasteiger partial charge < -0.3 is 15.4 Å². The van der Waals surface area contributed by atoms with E-state index in [4.69, 9.17) is 4.74 Å². The third-order valence-electron chi connectivity index (χ3n) is 6.75. The minimum Gasteiger partial charge on any atom is -0.374 e. The first-order valence-electron chi connectivity index (χ1n) is 13.3. The Bertz CT molecular complexity index is 1310. The Balaban J connectivity index is 1.43. The lowest BCUT2D eigenvalue weighted by Gasteiger charge is -2.22. The predicted molar refractivity (Wildman–Crippen MR) is 145 cm³/mol. The highest BCUT2D eigenvalue weighted by atomic mass is 32.1. The summed E-state index contributed by atoms with van der Waals surface area (Å²) in [5, 5.41) is 4.85. The van der Waals surface area contributed by atoms with Crippen LogP contribution >= 0.6 is 11.3 Å². The van der Waals surface area contributed by atoms with E-state index in [1.165, 1.54) is 30.6 Å². The van der Waals surface area contributed by atoms with Crippen molar-refractivity contribution in [1.82, 2.24) is 10.3 Å². The first-order chi connectivity index (χ1) is 19.2. The summed E-state index contributed by atoms with van der Waals surface area (Å²) in [7, 11) is 0. The van der Waals surface area contributed by atoms with Crippen LogP contribution in [0.2, 0.25) is 0 Å². The van der Waals surface area contributed by atoms with Crippen LogP contribution in [0.25, 0.3) is 10.4 Å². The minimum absolute atomic E-state index is 0.0603. The summed E-state index contributed by atoms with van der Waals surface area (Å²) >= 11 is 1.21. The predicted octanol–water partition coefficient (Wildman–Crippen LogP) is 6.95. The lowest BCUT2D eigenvalue weighted by atomic mass is 9.97. The van der Waals surface area contributed by atoms with E-state index >= 15 is 0 Å². The second-order valence-corrected chi connectivity index (χ2v) is 10.8. The molecule has 6 nitrogen and oxygen atoms in total. The number of carbonyl (C=O) groups is 2. The second kappa shape index (κ2) is 13.4. The van der Waals surface area contributed by atoms with E-state index in [-0.39, 0.29) is 17.7 Å². The van der Waals surface area contributed by atoms with E-state index in [1.54, 1.807) is 13.1 Å². The zero-order valence-electron chi connectivity index (χ0n) is 22.0. The molecular weight excluding hydrogens is 546 g/mol. The molecule has 4 rings (SSSR count). The van der Waals surface area contributed by atoms with E-state index in [0.29, 0.717) is 31.2 Å². The normalized spacial score (nSPS) is 15.0. The number of anilines is 1. The van der Waals surface area contributed by atoms with Crippen LogP contribution in [0.4, 0.5) is 22.7 Å². The van der Waals surface area contributed by atoms with E-state index in [9.17, 15) is 27.2 Å². The molecule has 1 atom stereocenters. The maximum Gasteiger partial charge on any atom is 0.349 e. The molecule has 2 N–H and O–H groups in total. The highest BCUT2D eigenvalue weighted by Gasteiger charge is 2.43. The van der Waals surface area contributed by atoms with Crippen LogP contribution in [0.5, 0.6) is 0 Å². The molecule has 2 amide bonds. The van der Waals surface area contributed by atoms with Gasteiger partial charge in [-0.2, -0.15) is 8.78 Å². The Morgan fingerprint density at radius 2 is 1.80 bits per heavy atom. The van der Waals surface area contributed by atoms with Crippen LogP contribution in [0.3, 0.4) is 0 Å². The van der Waals surface area contributed by atoms with E-state index in [2.05, 4.69) is 10.3 Å².